The maximum absolute atomic E-state index is 13.2. The summed E-state index contributed by atoms with van der Waals surface area (Å²) in [4.78, 5) is 18.6. The number of H-pyrrole nitrogens is 1. The van der Waals surface area contributed by atoms with Crippen LogP contribution in [0.1, 0.15) is 59.6 Å². The van der Waals surface area contributed by atoms with Gasteiger partial charge in [0.05, 0.1) is 30.9 Å². The summed E-state index contributed by atoms with van der Waals surface area (Å²) < 4.78 is 7.58. The van der Waals surface area contributed by atoms with Crippen LogP contribution in [-0.4, -0.2) is 30.1 Å². The normalized spacial score (nSPS) is 12.4. The van der Waals surface area contributed by atoms with Crippen LogP contribution in [0.25, 0.3) is 10.9 Å². The number of aromatic nitrogens is 5. The Morgan fingerprint density at radius 3 is 2.65 bits per heavy atom. The summed E-state index contributed by atoms with van der Waals surface area (Å²) in [7, 11) is 0. The number of fused-ring (bicyclic) bond motifs is 1. The van der Waals surface area contributed by atoms with Crippen molar-refractivity contribution in [2.24, 2.45) is 0 Å². The smallest absolute Gasteiger partial charge is 0.252 e. The lowest BCUT2D eigenvalue weighted by Crippen LogP contribution is -2.32. The van der Waals surface area contributed by atoms with Crippen LogP contribution in [-0.2, 0) is 19.6 Å². The second kappa shape index (κ2) is 10.9. The van der Waals surface area contributed by atoms with Crippen molar-refractivity contribution in [3.05, 3.63) is 111 Å². The summed E-state index contributed by atoms with van der Waals surface area (Å²) >= 11 is 0. The molecule has 0 saturated carbocycles. The van der Waals surface area contributed by atoms with Crippen LogP contribution in [0.2, 0.25) is 0 Å². The highest BCUT2D eigenvalue weighted by Gasteiger charge is 2.27. The molecule has 0 spiro atoms. The number of benzene rings is 2. The number of aryl methyl sites for hydroxylation is 2. The summed E-state index contributed by atoms with van der Waals surface area (Å²) in [5.74, 6) is 1.60. The minimum Gasteiger partial charge on any atom is -0.468 e. The Labute approximate surface area is 215 Å². The van der Waals surface area contributed by atoms with Gasteiger partial charge in [-0.15, -0.1) is 5.10 Å². The number of nitrogens with zero attached hydrogens (tertiary/aromatic N) is 5. The first-order chi connectivity index (χ1) is 18.0. The summed E-state index contributed by atoms with van der Waals surface area (Å²) in [6, 6.07) is 20.1. The minimum atomic E-state index is -0.108. The van der Waals surface area contributed by atoms with Crippen molar-refractivity contribution in [3.63, 3.8) is 0 Å². The Kier molecular flexibility index (Phi) is 7.28. The Morgan fingerprint density at radius 1 is 1.05 bits per heavy atom. The average molecular weight is 497 g/mol. The molecule has 3 aromatic heterocycles. The van der Waals surface area contributed by atoms with E-state index in [1.807, 2.05) is 48.0 Å². The lowest BCUT2D eigenvalue weighted by molar-refractivity contribution is 0.144. The maximum Gasteiger partial charge on any atom is 0.252 e. The van der Waals surface area contributed by atoms with E-state index >= 15 is 0 Å². The quantitative estimate of drug-likeness (QED) is 0.281. The van der Waals surface area contributed by atoms with Gasteiger partial charge >= 0.3 is 0 Å². The number of hydrogen-bond donors (Lipinski definition) is 1. The van der Waals surface area contributed by atoms with Gasteiger partial charge in [0.15, 0.2) is 5.82 Å². The topological polar surface area (TPSA) is 92.8 Å². The monoisotopic (exact) mass is 496 g/mol. The first-order valence-electron chi connectivity index (χ1n) is 12.7. The van der Waals surface area contributed by atoms with Crippen molar-refractivity contribution in [3.8, 4) is 0 Å². The molecule has 1 atom stereocenters. The third kappa shape index (κ3) is 5.54. The van der Waals surface area contributed by atoms with E-state index in [0.717, 1.165) is 46.5 Å². The van der Waals surface area contributed by atoms with Crippen molar-refractivity contribution in [2.75, 3.05) is 0 Å². The van der Waals surface area contributed by atoms with Crippen LogP contribution in [0, 0.1) is 13.8 Å². The first-order valence-corrected chi connectivity index (χ1v) is 12.7. The molecule has 0 unspecified atom stereocenters. The molecule has 37 heavy (non-hydrogen) atoms. The van der Waals surface area contributed by atoms with Crippen LogP contribution in [0.15, 0.2) is 76.1 Å². The van der Waals surface area contributed by atoms with E-state index in [1.165, 1.54) is 5.56 Å². The fraction of sp³-hybridized carbons (Fsp3) is 0.310. The van der Waals surface area contributed by atoms with E-state index in [9.17, 15) is 4.79 Å². The van der Waals surface area contributed by atoms with Crippen molar-refractivity contribution in [1.29, 1.82) is 0 Å². The van der Waals surface area contributed by atoms with Gasteiger partial charge in [0.25, 0.3) is 5.56 Å². The molecular formula is C29H32N6O2. The zero-order valence-corrected chi connectivity index (χ0v) is 21.5. The van der Waals surface area contributed by atoms with Crippen LogP contribution in [0.4, 0.5) is 0 Å². The molecule has 5 rings (SSSR count). The molecule has 0 fully saturated rings. The molecule has 0 saturated heterocycles. The van der Waals surface area contributed by atoms with Gasteiger partial charge in [-0.1, -0.05) is 55.3 Å². The van der Waals surface area contributed by atoms with Crippen molar-refractivity contribution in [2.45, 2.75) is 59.3 Å². The average Bonchev–Trinajstić information content (AvgIpc) is 3.56. The molecule has 2 aromatic carbocycles. The largest absolute Gasteiger partial charge is 0.468 e. The standard InChI is InChI=1S/C29H32N6O2/c1-4-9-26(28-31-32-33-35(28)17-22-10-6-5-7-11-22)34(19-25-12-8-13-37-25)18-24-16-23-15-20(2)14-21(3)27(23)30-29(24)36/h5-8,10-16,26H,4,9,17-19H2,1-3H3,(H,30,36)/t26-/m1/s1. The minimum absolute atomic E-state index is 0.0805. The predicted octanol–water partition coefficient (Wildman–Crippen LogP) is 5.32. The van der Waals surface area contributed by atoms with Crippen LogP contribution >= 0.6 is 0 Å². The first kappa shape index (κ1) is 24.6. The molecular weight excluding hydrogens is 464 g/mol. The van der Waals surface area contributed by atoms with Gasteiger partial charge in [-0.2, -0.15) is 0 Å². The lowest BCUT2D eigenvalue weighted by atomic mass is 10.0. The SMILES string of the molecule is CCC[C@H](c1nnnn1Cc1ccccc1)N(Cc1ccco1)Cc1cc2cc(C)cc(C)c2[nH]c1=O. The maximum atomic E-state index is 13.2. The van der Waals surface area contributed by atoms with Gasteiger partial charge in [-0.3, -0.25) is 9.69 Å². The Balaban J connectivity index is 1.54. The predicted molar refractivity (Wildman–Crippen MR) is 143 cm³/mol. The highest BCUT2D eigenvalue weighted by atomic mass is 16.3. The molecule has 0 aliphatic rings. The number of pyridine rings is 1. The van der Waals surface area contributed by atoms with E-state index < -0.39 is 0 Å². The molecule has 8 heteroatoms. The molecule has 190 valence electrons. The molecule has 0 aliphatic heterocycles. The fourth-order valence-electron chi connectivity index (χ4n) is 5.01. The molecule has 0 radical (unpaired) electrons. The third-order valence-corrected chi connectivity index (χ3v) is 6.72. The van der Waals surface area contributed by atoms with Crippen molar-refractivity contribution >= 4 is 10.9 Å². The molecule has 0 bridgehead atoms. The van der Waals surface area contributed by atoms with E-state index in [0.29, 0.717) is 25.2 Å². The second-order valence-electron chi connectivity index (χ2n) is 9.64. The van der Waals surface area contributed by atoms with Gasteiger partial charge in [-0.25, -0.2) is 4.68 Å². The summed E-state index contributed by atoms with van der Waals surface area (Å²) in [6.45, 7) is 7.79. The summed E-state index contributed by atoms with van der Waals surface area (Å²) in [6.07, 6.45) is 3.44. The number of hydrogen-bond acceptors (Lipinski definition) is 6. The fourth-order valence-corrected chi connectivity index (χ4v) is 5.01. The molecule has 3 heterocycles. The Bertz CT molecular complexity index is 1520. The molecule has 8 nitrogen and oxygen atoms in total. The second-order valence-corrected chi connectivity index (χ2v) is 9.64. The Morgan fingerprint density at radius 2 is 1.89 bits per heavy atom. The van der Waals surface area contributed by atoms with Crippen molar-refractivity contribution < 1.29 is 4.42 Å². The summed E-state index contributed by atoms with van der Waals surface area (Å²) in [5, 5.41) is 13.8. The highest BCUT2D eigenvalue weighted by Crippen LogP contribution is 2.28. The molecule has 0 amide bonds. The van der Waals surface area contributed by atoms with Gasteiger partial charge in [0, 0.05) is 12.1 Å². The van der Waals surface area contributed by atoms with Crippen LogP contribution in [0.5, 0.6) is 0 Å². The van der Waals surface area contributed by atoms with E-state index in [4.69, 9.17) is 4.42 Å². The highest BCUT2D eigenvalue weighted by molar-refractivity contribution is 5.82. The van der Waals surface area contributed by atoms with E-state index in [1.54, 1.807) is 6.26 Å². The van der Waals surface area contributed by atoms with Crippen LogP contribution in [0.3, 0.4) is 0 Å². The van der Waals surface area contributed by atoms with Gasteiger partial charge in [0.2, 0.25) is 0 Å². The number of aromatic amines is 1. The number of rotatable bonds is 10. The lowest BCUT2D eigenvalue weighted by Gasteiger charge is -2.30. The third-order valence-electron chi connectivity index (χ3n) is 6.72. The van der Waals surface area contributed by atoms with E-state index in [-0.39, 0.29) is 11.6 Å². The Hall–Kier alpha value is -4.04. The van der Waals surface area contributed by atoms with Gasteiger partial charge in [-0.05, 0) is 71.5 Å². The molecule has 5 aromatic rings. The van der Waals surface area contributed by atoms with Crippen molar-refractivity contribution in [1.82, 2.24) is 30.1 Å². The van der Waals surface area contributed by atoms with E-state index in [2.05, 4.69) is 63.5 Å². The zero-order chi connectivity index (χ0) is 25.8. The van der Waals surface area contributed by atoms with Gasteiger partial charge in [0.1, 0.15) is 5.76 Å². The number of furan rings is 1. The summed E-state index contributed by atoms with van der Waals surface area (Å²) in [5.41, 5.74) is 4.86. The molecule has 0 aliphatic carbocycles. The number of tetrazole rings is 1. The zero-order valence-electron chi connectivity index (χ0n) is 21.5. The van der Waals surface area contributed by atoms with Gasteiger partial charge < -0.3 is 9.40 Å². The number of nitrogens with one attached hydrogen (secondary N) is 1. The molecule has 1 N–H and O–H groups in total. The van der Waals surface area contributed by atoms with Crippen LogP contribution < -0.4 is 5.56 Å².